The zero-order valence-electron chi connectivity index (χ0n) is 22.5. The van der Waals surface area contributed by atoms with E-state index in [0.29, 0.717) is 37.1 Å². The van der Waals surface area contributed by atoms with Crippen molar-refractivity contribution in [2.24, 2.45) is 11.8 Å². The molecule has 0 aliphatic carbocycles. The van der Waals surface area contributed by atoms with Gasteiger partial charge in [-0.05, 0) is 68.6 Å². The number of nitrogens with zero attached hydrogens (tertiary/aromatic N) is 3. The highest BCUT2D eigenvalue weighted by Crippen LogP contribution is 2.37. The molecule has 2 aromatic carbocycles. The fraction of sp³-hybridized carbons (Fsp3) is 0.467. The molecule has 7 nitrogen and oxygen atoms in total. The van der Waals surface area contributed by atoms with Crippen molar-refractivity contribution < 1.29 is 23.1 Å². The first-order valence-electron chi connectivity index (χ1n) is 13.8. The molecular weight excluding hydrogens is 502 g/mol. The van der Waals surface area contributed by atoms with E-state index in [1.807, 2.05) is 44.2 Å². The SMILES string of the molecule is CCN1C[C@@H](CC(=O)Cc2c(C)c(OCC3CCNCC3)nn2-c2ccccc2)[C@H](c2ccc(F)c(F)c2)O1. The summed E-state index contributed by atoms with van der Waals surface area (Å²) in [4.78, 5) is 19.5. The molecule has 9 heteroatoms. The Balaban J connectivity index is 1.35. The molecule has 1 N–H and O–H groups in total. The fourth-order valence-corrected chi connectivity index (χ4v) is 5.48. The largest absolute Gasteiger partial charge is 0.476 e. The van der Waals surface area contributed by atoms with Crippen LogP contribution in [0.4, 0.5) is 8.78 Å². The third kappa shape index (κ3) is 6.37. The van der Waals surface area contributed by atoms with Crippen LogP contribution in [0.15, 0.2) is 48.5 Å². The zero-order valence-corrected chi connectivity index (χ0v) is 22.5. The molecular formula is C30H36F2N4O3. The van der Waals surface area contributed by atoms with Crippen molar-refractivity contribution in [1.29, 1.82) is 0 Å². The van der Waals surface area contributed by atoms with E-state index in [0.717, 1.165) is 55.0 Å². The van der Waals surface area contributed by atoms with Crippen LogP contribution in [-0.2, 0) is 16.1 Å². The van der Waals surface area contributed by atoms with Crippen LogP contribution >= 0.6 is 0 Å². The Morgan fingerprint density at radius 2 is 1.90 bits per heavy atom. The van der Waals surface area contributed by atoms with E-state index in [4.69, 9.17) is 14.7 Å². The molecule has 3 aromatic rings. The minimum absolute atomic E-state index is 0.0271. The molecule has 0 bridgehead atoms. The van der Waals surface area contributed by atoms with Crippen molar-refractivity contribution in [2.45, 2.75) is 45.6 Å². The van der Waals surface area contributed by atoms with Gasteiger partial charge in [-0.1, -0.05) is 31.2 Å². The van der Waals surface area contributed by atoms with E-state index in [-0.39, 0.29) is 24.5 Å². The number of hydrogen-bond donors (Lipinski definition) is 1. The second-order valence-corrected chi connectivity index (χ2v) is 10.5. The number of hydrogen-bond acceptors (Lipinski definition) is 6. The van der Waals surface area contributed by atoms with Crippen molar-refractivity contribution in [3.05, 3.63) is 77.0 Å². The predicted octanol–water partition coefficient (Wildman–Crippen LogP) is 4.96. The lowest BCUT2D eigenvalue weighted by molar-refractivity contribution is -0.146. The van der Waals surface area contributed by atoms with Gasteiger partial charge >= 0.3 is 0 Å². The molecule has 0 saturated carbocycles. The zero-order chi connectivity index (χ0) is 27.4. The maximum absolute atomic E-state index is 14.0. The topological polar surface area (TPSA) is 68.6 Å². The van der Waals surface area contributed by atoms with Crippen LogP contribution in [0.1, 0.15) is 49.1 Å². The summed E-state index contributed by atoms with van der Waals surface area (Å²) in [5.74, 6) is -0.948. The first kappa shape index (κ1) is 27.4. The molecule has 208 valence electrons. The molecule has 1 aromatic heterocycles. The van der Waals surface area contributed by atoms with Crippen molar-refractivity contribution in [3.63, 3.8) is 0 Å². The fourth-order valence-electron chi connectivity index (χ4n) is 5.48. The van der Waals surface area contributed by atoms with Gasteiger partial charge in [-0.2, -0.15) is 5.06 Å². The van der Waals surface area contributed by atoms with Crippen LogP contribution in [0, 0.1) is 30.4 Å². The Kier molecular flexibility index (Phi) is 8.69. The highest BCUT2D eigenvalue weighted by molar-refractivity contribution is 5.81. The molecule has 0 radical (unpaired) electrons. The third-order valence-corrected chi connectivity index (χ3v) is 7.72. The minimum Gasteiger partial charge on any atom is -0.476 e. The standard InChI is InChI=1S/C30H36F2N4O3/c1-3-35-18-23(29(39-35)22-9-10-26(31)27(32)16-22)15-25(37)17-28-20(2)30(38-19-21-11-13-33-14-12-21)34-36(28)24-7-5-4-6-8-24/h4-10,16,21,23,29,33H,3,11-15,17-19H2,1-2H3/t23-,29+/m1/s1. The number of nitrogens with one attached hydrogen (secondary N) is 1. The maximum Gasteiger partial charge on any atom is 0.236 e. The van der Waals surface area contributed by atoms with Crippen LogP contribution in [-0.4, -0.2) is 53.4 Å². The number of hydroxylamine groups is 2. The Morgan fingerprint density at radius 3 is 2.62 bits per heavy atom. The summed E-state index contributed by atoms with van der Waals surface area (Å²) >= 11 is 0. The number of Topliss-reactive ketones (excluding diaryl/α,β-unsaturated/α-hetero) is 1. The number of ketones is 1. The second-order valence-electron chi connectivity index (χ2n) is 10.5. The highest BCUT2D eigenvalue weighted by atomic mass is 19.2. The Morgan fingerprint density at radius 1 is 1.13 bits per heavy atom. The summed E-state index contributed by atoms with van der Waals surface area (Å²) in [6.07, 6.45) is 2.04. The molecule has 0 amide bonds. The Bertz CT molecular complexity index is 1280. The van der Waals surface area contributed by atoms with Crippen molar-refractivity contribution in [2.75, 3.05) is 32.8 Å². The van der Waals surface area contributed by atoms with Crippen molar-refractivity contribution in [1.82, 2.24) is 20.2 Å². The van der Waals surface area contributed by atoms with Crippen molar-refractivity contribution in [3.8, 4) is 11.6 Å². The van der Waals surface area contributed by atoms with Gasteiger partial charge in [0, 0.05) is 37.4 Å². The van der Waals surface area contributed by atoms with Crippen LogP contribution in [0.25, 0.3) is 5.69 Å². The van der Waals surface area contributed by atoms with Gasteiger partial charge in [-0.15, -0.1) is 5.10 Å². The molecule has 3 heterocycles. The molecule has 0 spiro atoms. The lowest BCUT2D eigenvalue weighted by atomic mass is 9.90. The average Bonchev–Trinajstić information content (AvgIpc) is 3.50. The number of para-hydroxylation sites is 1. The normalized spacial score (nSPS) is 20.4. The first-order valence-corrected chi connectivity index (χ1v) is 13.8. The average molecular weight is 539 g/mol. The lowest BCUT2D eigenvalue weighted by Crippen LogP contribution is -2.30. The number of carbonyl (C=O) groups is 1. The first-order chi connectivity index (χ1) is 18.9. The smallest absolute Gasteiger partial charge is 0.236 e. The van der Waals surface area contributed by atoms with E-state index < -0.39 is 17.7 Å². The van der Waals surface area contributed by atoms with Crippen LogP contribution in [0.5, 0.6) is 5.88 Å². The third-order valence-electron chi connectivity index (χ3n) is 7.72. The summed E-state index contributed by atoms with van der Waals surface area (Å²) in [6, 6.07) is 13.5. The summed E-state index contributed by atoms with van der Waals surface area (Å²) in [5.41, 5.74) is 3.04. The molecule has 2 fully saturated rings. The van der Waals surface area contributed by atoms with E-state index in [1.165, 1.54) is 6.07 Å². The predicted molar refractivity (Wildman–Crippen MR) is 144 cm³/mol. The number of aromatic nitrogens is 2. The molecule has 39 heavy (non-hydrogen) atoms. The quantitative estimate of drug-likeness (QED) is 0.394. The number of carbonyl (C=O) groups excluding carboxylic acids is 1. The monoisotopic (exact) mass is 538 g/mol. The van der Waals surface area contributed by atoms with Gasteiger partial charge in [0.05, 0.1) is 18.0 Å². The number of ether oxygens (including phenoxy) is 1. The number of benzene rings is 2. The minimum atomic E-state index is -0.921. The van der Waals surface area contributed by atoms with E-state index >= 15 is 0 Å². The van der Waals surface area contributed by atoms with E-state index in [9.17, 15) is 13.6 Å². The molecule has 2 atom stereocenters. The maximum atomic E-state index is 14.0. The van der Waals surface area contributed by atoms with Gasteiger partial charge < -0.3 is 10.1 Å². The summed E-state index contributed by atoms with van der Waals surface area (Å²) < 4.78 is 35.5. The van der Waals surface area contributed by atoms with Gasteiger partial charge in [-0.3, -0.25) is 9.63 Å². The van der Waals surface area contributed by atoms with Gasteiger partial charge in [0.25, 0.3) is 0 Å². The van der Waals surface area contributed by atoms with Crippen LogP contribution in [0.3, 0.4) is 0 Å². The Labute approximate surface area is 228 Å². The number of halogens is 2. The lowest BCUT2D eigenvalue weighted by Gasteiger charge is -2.22. The van der Waals surface area contributed by atoms with E-state index in [1.54, 1.807) is 9.75 Å². The summed E-state index contributed by atoms with van der Waals surface area (Å²) in [6.45, 7) is 7.67. The molecule has 2 aliphatic rings. The van der Waals surface area contributed by atoms with Crippen LogP contribution in [0.2, 0.25) is 0 Å². The summed E-state index contributed by atoms with van der Waals surface area (Å²) in [7, 11) is 0. The van der Waals surface area contributed by atoms with Crippen LogP contribution < -0.4 is 10.1 Å². The molecule has 2 aliphatic heterocycles. The van der Waals surface area contributed by atoms with E-state index in [2.05, 4.69) is 5.32 Å². The van der Waals surface area contributed by atoms with Gasteiger partial charge in [0.15, 0.2) is 11.6 Å². The summed E-state index contributed by atoms with van der Waals surface area (Å²) in [5, 5.41) is 9.92. The number of rotatable bonds is 10. The molecule has 2 saturated heterocycles. The van der Waals surface area contributed by atoms with Crippen molar-refractivity contribution >= 4 is 5.78 Å². The van der Waals surface area contributed by atoms with Gasteiger partial charge in [0.2, 0.25) is 5.88 Å². The second kappa shape index (κ2) is 12.4. The molecule has 0 unspecified atom stereocenters. The highest BCUT2D eigenvalue weighted by Gasteiger charge is 2.36. The Hall–Kier alpha value is -3.14. The number of piperidine rings is 1. The van der Waals surface area contributed by atoms with Gasteiger partial charge in [0.1, 0.15) is 11.9 Å². The molecule has 5 rings (SSSR count). The van der Waals surface area contributed by atoms with Gasteiger partial charge in [-0.25, -0.2) is 13.5 Å².